The molecule has 1 aliphatic heterocycles. The quantitative estimate of drug-likeness (QED) is 0.844. The third kappa shape index (κ3) is 2.53. The Morgan fingerprint density at radius 3 is 2.70 bits per heavy atom. The molecule has 0 aromatic heterocycles. The van der Waals surface area contributed by atoms with E-state index in [1.54, 1.807) is 12.1 Å². The smallest absolute Gasteiger partial charge is 0.135 e. The Bertz CT molecular complexity index is 515. The van der Waals surface area contributed by atoms with Crippen LogP contribution >= 0.6 is 12.2 Å². The van der Waals surface area contributed by atoms with Gasteiger partial charge in [-0.15, -0.1) is 0 Å². The van der Waals surface area contributed by atoms with Crippen molar-refractivity contribution < 1.29 is 4.39 Å². The molecular formula is C16H21FN2S. The van der Waals surface area contributed by atoms with Crippen LogP contribution in [-0.2, 0) is 0 Å². The number of benzene rings is 1. The molecule has 0 radical (unpaired) electrons. The van der Waals surface area contributed by atoms with Crippen LogP contribution in [0, 0.1) is 11.7 Å². The summed E-state index contributed by atoms with van der Waals surface area (Å²) in [5.41, 5.74) is 6.86. The number of fused-ring (bicyclic) bond motifs is 1. The predicted octanol–water partition coefficient (Wildman–Crippen LogP) is 3.62. The maximum atomic E-state index is 14.1. The van der Waals surface area contributed by atoms with Crippen molar-refractivity contribution in [3.05, 3.63) is 29.6 Å². The van der Waals surface area contributed by atoms with Crippen LogP contribution in [0.4, 0.5) is 10.1 Å². The summed E-state index contributed by atoms with van der Waals surface area (Å²) < 4.78 is 14.1. The lowest BCUT2D eigenvalue weighted by Gasteiger charge is -2.45. The molecule has 108 valence electrons. The van der Waals surface area contributed by atoms with Crippen LogP contribution in [0.3, 0.4) is 0 Å². The first-order valence-electron chi connectivity index (χ1n) is 7.53. The molecule has 20 heavy (non-hydrogen) atoms. The number of rotatable bonds is 2. The lowest BCUT2D eigenvalue weighted by Crippen LogP contribution is -2.47. The Morgan fingerprint density at radius 2 is 1.95 bits per heavy atom. The van der Waals surface area contributed by atoms with Crippen LogP contribution in [0.5, 0.6) is 0 Å². The summed E-state index contributed by atoms with van der Waals surface area (Å²) in [6, 6.07) is 5.88. The Morgan fingerprint density at radius 1 is 1.20 bits per heavy atom. The van der Waals surface area contributed by atoms with Crippen molar-refractivity contribution in [2.45, 2.75) is 44.6 Å². The Labute approximate surface area is 125 Å². The molecule has 2 fully saturated rings. The summed E-state index contributed by atoms with van der Waals surface area (Å²) in [5, 5.41) is 0. The van der Waals surface area contributed by atoms with Gasteiger partial charge < -0.3 is 10.6 Å². The zero-order valence-electron chi connectivity index (χ0n) is 11.6. The lowest BCUT2D eigenvalue weighted by atomic mass is 9.78. The van der Waals surface area contributed by atoms with Gasteiger partial charge in [-0.1, -0.05) is 25.1 Å². The summed E-state index contributed by atoms with van der Waals surface area (Å²) in [4.78, 5) is 2.53. The second-order valence-corrected chi connectivity index (χ2v) is 6.42. The highest BCUT2D eigenvalue weighted by atomic mass is 32.1. The molecule has 1 saturated carbocycles. The summed E-state index contributed by atoms with van der Waals surface area (Å²) in [5.74, 6) is 0.490. The molecule has 4 heteroatoms. The van der Waals surface area contributed by atoms with Crippen LogP contribution in [0.15, 0.2) is 18.2 Å². The van der Waals surface area contributed by atoms with Gasteiger partial charge in [-0.2, -0.15) is 0 Å². The van der Waals surface area contributed by atoms with Gasteiger partial charge in [0.1, 0.15) is 10.8 Å². The second kappa shape index (κ2) is 5.68. The van der Waals surface area contributed by atoms with E-state index in [9.17, 15) is 4.39 Å². The first-order valence-corrected chi connectivity index (χ1v) is 7.93. The summed E-state index contributed by atoms with van der Waals surface area (Å²) in [6.45, 7) is 1.03. The van der Waals surface area contributed by atoms with E-state index in [-0.39, 0.29) is 10.8 Å². The second-order valence-electron chi connectivity index (χ2n) is 5.98. The zero-order valence-corrected chi connectivity index (χ0v) is 12.5. The number of thiocarbonyl (C=S) groups is 1. The fourth-order valence-electron chi connectivity index (χ4n) is 3.83. The molecule has 0 bridgehead atoms. The Kier molecular flexibility index (Phi) is 3.92. The fraction of sp³-hybridized carbons (Fsp3) is 0.562. The van der Waals surface area contributed by atoms with Crippen molar-refractivity contribution in [2.75, 3.05) is 11.4 Å². The average Bonchev–Trinajstić information content (AvgIpc) is 2.46. The normalized spacial score (nSPS) is 26.1. The summed E-state index contributed by atoms with van der Waals surface area (Å²) in [6.07, 6.45) is 7.75. The highest BCUT2D eigenvalue weighted by molar-refractivity contribution is 7.80. The van der Waals surface area contributed by atoms with Gasteiger partial charge in [0, 0.05) is 23.8 Å². The topological polar surface area (TPSA) is 29.3 Å². The largest absolute Gasteiger partial charge is 0.389 e. The number of nitrogens with zero attached hydrogens (tertiary/aromatic N) is 1. The molecule has 2 N–H and O–H groups in total. The number of nitrogens with two attached hydrogens (primary N) is 1. The van der Waals surface area contributed by atoms with Crippen LogP contribution < -0.4 is 10.6 Å². The molecule has 2 aliphatic rings. The van der Waals surface area contributed by atoms with E-state index in [4.69, 9.17) is 18.0 Å². The third-order valence-electron chi connectivity index (χ3n) is 4.79. The first kappa shape index (κ1) is 13.8. The third-order valence-corrected chi connectivity index (χ3v) is 5.01. The molecule has 1 aliphatic carbocycles. The van der Waals surface area contributed by atoms with Gasteiger partial charge in [0.25, 0.3) is 0 Å². The summed E-state index contributed by atoms with van der Waals surface area (Å²) in [7, 11) is 0. The highest BCUT2D eigenvalue weighted by Gasteiger charge is 2.33. The van der Waals surface area contributed by atoms with Crippen molar-refractivity contribution in [3.8, 4) is 0 Å². The number of piperidine rings is 1. The van der Waals surface area contributed by atoms with Crippen LogP contribution in [0.1, 0.15) is 44.1 Å². The number of hydrogen-bond acceptors (Lipinski definition) is 2. The maximum Gasteiger partial charge on any atom is 0.135 e. The molecule has 2 atom stereocenters. The minimum atomic E-state index is -0.298. The molecule has 1 heterocycles. The maximum absolute atomic E-state index is 14.1. The molecule has 1 aromatic carbocycles. The molecule has 1 aromatic rings. The van der Waals surface area contributed by atoms with E-state index >= 15 is 0 Å². The molecule has 0 amide bonds. The molecule has 3 rings (SSSR count). The van der Waals surface area contributed by atoms with Crippen molar-refractivity contribution >= 4 is 22.9 Å². The number of anilines is 1. The van der Waals surface area contributed by atoms with Gasteiger partial charge in [-0.05, 0) is 49.8 Å². The van der Waals surface area contributed by atoms with Crippen molar-refractivity contribution in [1.82, 2.24) is 0 Å². The molecular weight excluding hydrogens is 271 g/mol. The zero-order chi connectivity index (χ0) is 14.1. The van der Waals surface area contributed by atoms with E-state index in [2.05, 4.69) is 4.90 Å². The number of hydrogen-bond donors (Lipinski definition) is 1. The van der Waals surface area contributed by atoms with Crippen LogP contribution in [-0.4, -0.2) is 17.6 Å². The lowest BCUT2D eigenvalue weighted by molar-refractivity contribution is 0.243. The van der Waals surface area contributed by atoms with E-state index in [1.165, 1.54) is 38.5 Å². The molecule has 1 saturated heterocycles. The van der Waals surface area contributed by atoms with Crippen molar-refractivity contribution in [3.63, 3.8) is 0 Å². The van der Waals surface area contributed by atoms with E-state index in [0.29, 0.717) is 11.6 Å². The van der Waals surface area contributed by atoms with Gasteiger partial charge in [-0.3, -0.25) is 0 Å². The van der Waals surface area contributed by atoms with Crippen molar-refractivity contribution in [1.29, 1.82) is 0 Å². The van der Waals surface area contributed by atoms with Crippen molar-refractivity contribution in [2.24, 2.45) is 11.7 Å². The first-order chi connectivity index (χ1) is 9.66. The fourth-order valence-corrected chi connectivity index (χ4v) is 3.99. The monoisotopic (exact) mass is 292 g/mol. The highest BCUT2D eigenvalue weighted by Crippen LogP contribution is 2.38. The van der Waals surface area contributed by atoms with E-state index < -0.39 is 0 Å². The van der Waals surface area contributed by atoms with E-state index in [1.807, 2.05) is 6.07 Å². The van der Waals surface area contributed by atoms with Gasteiger partial charge in [0.2, 0.25) is 0 Å². The molecule has 0 spiro atoms. The van der Waals surface area contributed by atoms with Gasteiger partial charge >= 0.3 is 0 Å². The van der Waals surface area contributed by atoms with Crippen LogP contribution in [0.2, 0.25) is 0 Å². The average molecular weight is 292 g/mol. The predicted molar refractivity (Wildman–Crippen MR) is 84.6 cm³/mol. The minimum Gasteiger partial charge on any atom is -0.389 e. The number of halogens is 1. The SMILES string of the molecule is NC(=S)c1ccc(N2CCC[C@H]3CCCC[C@H]32)cc1F. The van der Waals surface area contributed by atoms with Gasteiger partial charge in [0.05, 0.1) is 0 Å². The van der Waals surface area contributed by atoms with Crippen LogP contribution in [0.25, 0.3) is 0 Å². The Hall–Kier alpha value is -1.16. The molecule has 0 unspecified atom stereocenters. The minimum absolute atomic E-state index is 0.128. The van der Waals surface area contributed by atoms with Gasteiger partial charge in [-0.25, -0.2) is 4.39 Å². The molecule has 2 nitrogen and oxygen atoms in total. The van der Waals surface area contributed by atoms with E-state index in [0.717, 1.165) is 18.2 Å². The Balaban J connectivity index is 1.87. The summed E-state index contributed by atoms with van der Waals surface area (Å²) >= 11 is 4.87. The van der Waals surface area contributed by atoms with Gasteiger partial charge in [0.15, 0.2) is 0 Å². The standard InChI is InChI=1S/C16H21FN2S/c17-14-10-12(7-8-13(14)16(18)20)19-9-3-5-11-4-1-2-6-15(11)19/h7-8,10-11,15H,1-6,9H2,(H2,18,20)/t11-,15-/m1/s1.